The highest BCUT2D eigenvalue weighted by Crippen LogP contribution is 2.09. The van der Waals surface area contributed by atoms with Crippen LogP contribution in [0.3, 0.4) is 0 Å². The van der Waals surface area contributed by atoms with Crippen molar-refractivity contribution in [2.45, 2.75) is 6.54 Å². The lowest BCUT2D eigenvalue weighted by molar-refractivity contribution is -0.650. The summed E-state index contributed by atoms with van der Waals surface area (Å²) in [6, 6.07) is 8.25. The highest BCUT2D eigenvalue weighted by molar-refractivity contribution is 5.71. The number of aromatic nitrogens is 2. The van der Waals surface area contributed by atoms with Crippen LogP contribution in [-0.2, 0) is 13.6 Å². The number of imidazole rings is 1. The lowest BCUT2D eigenvalue weighted by atomic mass is 10.3. The summed E-state index contributed by atoms with van der Waals surface area (Å²) in [7, 11) is 2.00. The third kappa shape index (κ3) is 1.24. The number of allylic oxidation sites excluding steroid dienone is 1. The van der Waals surface area contributed by atoms with Crippen molar-refractivity contribution in [2.75, 3.05) is 0 Å². The van der Waals surface area contributed by atoms with Gasteiger partial charge in [0, 0.05) is 0 Å². The van der Waals surface area contributed by atoms with Crippen LogP contribution < -0.4 is 4.57 Å². The first-order valence-corrected chi connectivity index (χ1v) is 4.30. The number of fused-ring (bicyclic) bond motifs is 1. The van der Waals surface area contributed by atoms with Gasteiger partial charge in [-0.25, -0.2) is 9.13 Å². The van der Waals surface area contributed by atoms with E-state index in [4.69, 9.17) is 0 Å². The third-order valence-corrected chi connectivity index (χ3v) is 2.12. The van der Waals surface area contributed by atoms with Crippen LogP contribution in [0.2, 0.25) is 0 Å². The molecule has 0 unspecified atom stereocenters. The first kappa shape index (κ1) is 8.05. The third-order valence-electron chi connectivity index (χ3n) is 2.12. The Morgan fingerprint density at radius 3 is 3.08 bits per heavy atom. The zero-order valence-corrected chi connectivity index (χ0v) is 7.70. The minimum Gasteiger partial charge on any atom is -0.219 e. The summed E-state index contributed by atoms with van der Waals surface area (Å²) in [5, 5.41) is 0. The highest BCUT2D eigenvalue weighted by atomic mass is 15.1. The molecule has 2 heteroatoms. The van der Waals surface area contributed by atoms with Crippen LogP contribution in [0.1, 0.15) is 0 Å². The van der Waals surface area contributed by atoms with Gasteiger partial charge in [-0.2, -0.15) is 0 Å². The quantitative estimate of drug-likeness (QED) is 0.479. The topological polar surface area (TPSA) is 8.81 Å². The summed E-state index contributed by atoms with van der Waals surface area (Å²) in [5.41, 5.74) is 2.40. The molecule has 0 N–H and O–H groups in total. The number of aryl methyl sites for hydroxylation is 1. The number of hydrogen-bond donors (Lipinski definition) is 0. The van der Waals surface area contributed by atoms with Crippen LogP contribution in [0.5, 0.6) is 0 Å². The number of hydrogen-bond acceptors (Lipinski definition) is 0. The van der Waals surface area contributed by atoms with Gasteiger partial charge >= 0.3 is 6.33 Å². The molecule has 1 radical (unpaired) electrons. The predicted molar refractivity (Wildman–Crippen MR) is 52.1 cm³/mol. The number of nitrogens with zero attached hydrogens (tertiary/aromatic N) is 2. The van der Waals surface area contributed by atoms with Gasteiger partial charge in [0.2, 0.25) is 0 Å². The van der Waals surface area contributed by atoms with E-state index in [1.54, 1.807) is 0 Å². The smallest absolute Gasteiger partial charge is 0.219 e. The van der Waals surface area contributed by atoms with Crippen molar-refractivity contribution in [2.24, 2.45) is 7.05 Å². The van der Waals surface area contributed by atoms with Crippen LogP contribution in [0.15, 0.2) is 36.9 Å². The van der Waals surface area contributed by atoms with Crippen molar-refractivity contribution in [3.05, 3.63) is 43.2 Å². The predicted octanol–water partition coefficient (Wildman–Crippen LogP) is 1.45. The molecule has 0 spiro atoms. The van der Waals surface area contributed by atoms with E-state index in [0.717, 1.165) is 6.54 Å². The fourth-order valence-corrected chi connectivity index (χ4v) is 1.53. The van der Waals surface area contributed by atoms with E-state index in [1.165, 1.54) is 11.0 Å². The fraction of sp³-hybridized carbons (Fsp3) is 0.182. The summed E-state index contributed by atoms with van der Waals surface area (Å²) in [6.45, 7) is 4.53. The van der Waals surface area contributed by atoms with E-state index in [2.05, 4.69) is 29.6 Å². The molecule has 1 aromatic carbocycles. The van der Waals surface area contributed by atoms with Crippen LogP contribution in [0.4, 0.5) is 0 Å². The van der Waals surface area contributed by atoms with Crippen LogP contribution >= 0.6 is 0 Å². The maximum absolute atomic E-state index is 3.72. The Kier molecular flexibility index (Phi) is 1.89. The summed E-state index contributed by atoms with van der Waals surface area (Å²) in [4.78, 5) is 0. The normalized spacial score (nSPS) is 10.5. The molecule has 0 aliphatic rings. The molecule has 1 aromatic heterocycles. The van der Waals surface area contributed by atoms with Crippen molar-refractivity contribution in [3.8, 4) is 0 Å². The van der Waals surface area contributed by atoms with Gasteiger partial charge in [-0.1, -0.05) is 24.8 Å². The summed E-state index contributed by atoms with van der Waals surface area (Å²) >= 11 is 0. The minimum absolute atomic E-state index is 0.807. The molecule has 0 fully saturated rings. The van der Waals surface area contributed by atoms with Crippen molar-refractivity contribution in [1.29, 1.82) is 0 Å². The lowest BCUT2D eigenvalue weighted by Crippen LogP contribution is -2.26. The van der Waals surface area contributed by atoms with E-state index in [9.17, 15) is 0 Å². The van der Waals surface area contributed by atoms with Crippen molar-refractivity contribution < 1.29 is 4.57 Å². The second-order valence-electron chi connectivity index (χ2n) is 3.05. The number of rotatable bonds is 2. The van der Waals surface area contributed by atoms with Gasteiger partial charge in [0.1, 0.15) is 6.54 Å². The van der Waals surface area contributed by atoms with Crippen molar-refractivity contribution >= 4 is 11.0 Å². The zero-order chi connectivity index (χ0) is 9.26. The molecule has 0 bridgehead atoms. The average molecular weight is 172 g/mol. The fourth-order valence-electron chi connectivity index (χ4n) is 1.53. The molecule has 0 aliphatic heterocycles. The van der Waals surface area contributed by atoms with Crippen molar-refractivity contribution in [3.63, 3.8) is 0 Å². The molecule has 0 atom stereocenters. The number of para-hydroxylation sites is 2. The Balaban J connectivity index is 2.70. The van der Waals surface area contributed by atoms with Gasteiger partial charge in [-0.05, 0) is 12.1 Å². The molecular formula is C11H12N2+. The SMILES string of the molecule is C=CCn1[c][n+](C)c2ccccc21. The van der Waals surface area contributed by atoms with Crippen molar-refractivity contribution in [1.82, 2.24) is 4.57 Å². The highest BCUT2D eigenvalue weighted by Gasteiger charge is 2.11. The molecule has 2 rings (SSSR count). The molecule has 2 nitrogen and oxygen atoms in total. The molecule has 0 saturated carbocycles. The summed E-state index contributed by atoms with van der Waals surface area (Å²) < 4.78 is 4.06. The van der Waals surface area contributed by atoms with Gasteiger partial charge in [0.05, 0.1) is 7.05 Å². The van der Waals surface area contributed by atoms with Crippen LogP contribution in [0, 0.1) is 6.33 Å². The Hall–Kier alpha value is -1.57. The van der Waals surface area contributed by atoms with E-state index >= 15 is 0 Å². The largest absolute Gasteiger partial charge is 0.374 e. The first-order chi connectivity index (χ1) is 6.33. The Labute approximate surface area is 77.7 Å². The Bertz CT molecular complexity index is 440. The van der Waals surface area contributed by atoms with Crippen LogP contribution in [-0.4, -0.2) is 4.57 Å². The van der Waals surface area contributed by atoms with Gasteiger partial charge in [-0.3, -0.25) is 0 Å². The summed E-state index contributed by atoms with van der Waals surface area (Å²) in [5.74, 6) is 0. The van der Waals surface area contributed by atoms with Gasteiger partial charge < -0.3 is 0 Å². The molecule has 13 heavy (non-hydrogen) atoms. The average Bonchev–Trinajstić information content (AvgIpc) is 2.46. The molecular weight excluding hydrogens is 160 g/mol. The van der Waals surface area contributed by atoms with E-state index in [0.29, 0.717) is 0 Å². The van der Waals surface area contributed by atoms with Gasteiger partial charge in [-0.15, -0.1) is 0 Å². The minimum atomic E-state index is 0.807. The van der Waals surface area contributed by atoms with E-state index < -0.39 is 0 Å². The molecule has 0 amide bonds. The molecule has 0 aliphatic carbocycles. The Morgan fingerprint density at radius 1 is 1.54 bits per heavy atom. The monoisotopic (exact) mass is 172 g/mol. The van der Waals surface area contributed by atoms with E-state index in [1.807, 2.05) is 29.8 Å². The Morgan fingerprint density at radius 2 is 2.31 bits per heavy atom. The maximum Gasteiger partial charge on any atom is 0.374 e. The zero-order valence-electron chi connectivity index (χ0n) is 7.70. The van der Waals surface area contributed by atoms with Gasteiger partial charge in [0.15, 0.2) is 11.0 Å². The second-order valence-corrected chi connectivity index (χ2v) is 3.05. The number of benzene rings is 1. The maximum atomic E-state index is 3.72. The summed E-state index contributed by atoms with van der Waals surface area (Å²) in [6.07, 6.45) is 5.09. The molecule has 0 saturated heterocycles. The van der Waals surface area contributed by atoms with Gasteiger partial charge in [0.25, 0.3) is 0 Å². The second kappa shape index (κ2) is 3.05. The standard InChI is InChI=1S/C11H12N2/c1-3-8-13-9-12(2)10-6-4-5-7-11(10)13/h3-7H,1,8H2,2H3/q+1. The van der Waals surface area contributed by atoms with Crippen LogP contribution in [0.25, 0.3) is 11.0 Å². The lowest BCUT2D eigenvalue weighted by Gasteiger charge is -1.88. The van der Waals surface area contributed by atoms with E-state index in [-0.39, 0.29) is 0 Å². The molecule has 1 heterocycles. The first-order valence-electron chi connectivity index (χ1n) is 4.30. The molecule has 2 aromatic rings. The molecule has 65 valence electrons.